The van der Waals surface area contributed by atoms with Crippen molar-refractivity contribution in [2.24, 2.45) is 0 Å². The Bertz CT molecular complexity index is 1170. The lowest BCUT2D eigenvalue weighted by Crippen LogP contribution is -2.63. The van der Waals surface area contributed by atoms with Crippen LogP contribution in [0.15, 0.2) is 60.7 Å². The molecule has 3 nitrogen and oxygen atoms in total. The molecule has 162 valence electrons. The third kappa shape index (κ3) is 2.34. The molecule has 0 saturated carbocycles. The highest BCUT2D eigenvalue weighted by Crippen LogP contribution is 2.49. The zero-order valence-electron chi connectivity index (χ0n) is 19.0. The molecule has 2 fully saturated rings. The van der Waals surface area contributed by atoms with Crippen LogP contribution in [0.25, 0.3) is 0 Å². The molecule has 7 rings (SSSR count). The summed E-state index contributed by atoms with van der Waals surface area (Å²) < 4.78 is 6.87. The van der Waals surface area contributed by atoms with Crippen molar-refractivity contribution in [3.05, 3.63) is 82.9 Å². The van der Waals surface area contributed by atoms with E-state index in [4.69, 9.17) is 4.74 Å². The van der Waals surface area contributed by atoms with Crippen molar-refractivity contribution in [1.82, 2.24) is 0 Å². The summed E-state index contributed by atoms with van der Waals surface area (Å²) in [5.74, 6) is 0. The summed E-state index contributed by atoms with van der Waals surface area (Å²) in [5.41, 5.74) is 7.72. The lowest BCUT2D eigenvalue weighted by atomic mass is 9.79. The van der Waals surface area contributed by atoms with Gasteiger partial charge in [0.2, 0.25) is 0 Å². The summed E-state index contributed by atoms with van der Waals surface area (Å²) in [6.45, 7) is 10.5. The van der Waals surface area contributed by atoms with E-state index in [0.29, 0.717) is 6.61 Å². The molecule has 3 aromatic rings. The van der Waals surface area contributed by atoms with Gasteiger partial charge in [0.1, 0.15) is 13.7 Å². The summed E-state index contributed by atoms with van der Waals surface area (Å²) in [6.07, 6.45) is 2.61. The molecule has 0 aliphatic carbocycles. The van der Waals surface area contributed by atoms with Gasteiger partial charge in [-0.2, -0.15) is 0 Å². The van der Waals surface area contributed by atoms with E-state index in [1.807, 2.05) is 0 Å². The number of anilines is 2. The van der Waals surface area contributed by atoms with Crippen LogP contribution < -0.4 is 20.2 Å². The molecule has 1 spiro atoms. The molecule has 0 atom stereocenters. The van der Waals surface area contributed by atoms with Gasteiger partial charge in [-0.3, -0.25) is 0 Å². The van der Waals surface area contributed by atoms with Crippen molar-refractivity contribution < 1.29 is 4.74 Å². The monoisotopic (exact) mass is 438 g/mol. The van der Waals surface area contributed by atoms with Gasteiger partial charge in [-0.25, -0.2) is 0 Å². The minimum atomic E-state index is -1.91. The number of ether oxygens (including phenoxy) is 1. The Morgan fingerprint density at radius 2 is 1.28 bits per heavy atom. The van der Waals surface area contributed by atoms with Gasteiger partial charge in [0.25, 0.3) is 0 Å². The van der Waals surface area contributed by atoms with Crippen molar-refractivity contribution in [2.45, 2.75) is 38.1 Å². The van der Waals surface area contributed by atoms with Crippen LogP contribution in [-0.2, 0) is 16.9 Å². The van der Waals surface area contributed by atoms with Crippen LogP contribution in [0.1, 0.15) is 35.1 Å². The van der Waals surface area contributed by atoms with Crippen molar-refractivity contribution in [1.29, 1.82) is 0 Å². The molecule has 4 heterocycles. The molecule has 4 aliphatic heterocycles. The van der Waals surface area contributed by atoms with Crippen LogP contribution in [0.5, 0.6) is 0 Å². The normalized spacial score (nSPS) is 21.4. The van der Waals surface area contributed by atoms with E-state index < -0.39 is 13.7 Å². The van der Waals surface area contributed by atoms with Gasteiger partial charge in [0.05, 0.1) is 6.61 Å². The van der Waals surface area contributed by atoms with Crippen LogP contribution >= 0.6 is 0 Å². The van der Waals surface area contributed by atoms with Crippen LogP contribution in [0.3, 0.4) is 0 Å². The van der Waals surface area contributed by atoms with E-state index in [0.717, 1.165) is 0 Å². The molecule has 4 aliphatic rings. The van der Waals surface area contributed by atoms with Crippen LogP contribution in [0.4, 0.5) is 11.4 Å². The number of hydrogen-bond donors (Lipinski definition) is 0. The minimum Gasteiger partial charge on any atom is -0.371 e. The standard InChI is InChI=1S/C28H30N2OSi/c1-32(2)26-17-21(29-13-5-14-29)9-11-24(26)28(23-8-4-3-7-20(23)19-31-28)25-12-10-22(18-27(25)32)30-15-6-16-30/h3-4,7-12,17-18H,5-6,13-16,19H2,1-2H3. The summed E-state index contributed by atoms with van der Waals surface area (Å²) in [6, 6.07) is 23.4. The van der Waals surface area contributed by atoms with Crippen LogP contribution in [0, 0.1) is 0 Å². The molecule has 32 heavy (non-hydrogen) atoms. The fourth-order valence-electron chi connectivity index (χ4n) is 6.24. The summed E-state index contributed by atoms with van der Waals surface area (Å²) in [7, 11) is -1.91. The van der Waals surface area contributed by atoms with E-state index in [1.54, 1.807) is 10.4 Å². The second-order valence-electron chi connectivity index (χ2n) is 10.4. The van der Waals surface area contributed by atoms with Gasteiger partial charge < -0.3 is 14.5 Å². The SMILES string of the molecule is C[Si]1(C)c2cc(N3CCC3)ccc2C2(OCc3ccccc32)c2ccc(N3CCC3)cc21. The van der Waals surface area contributed by atoms with E-state index in [2.05, 4.69) is 83.6 Å². The van der Waals surface area contributed by atoms with E-state index in [1.165, 1.54) is 72.6 Å². The predicted molar refractivity (Wildman–Crippen MR) is 134 cm³/mol. The Morgan fingerprint density at radius 3 is 1.81 bits per heavy atom. The molecule has 2 saturated heterocycles. The maximum absolute atomic E-state index is 6.87. The van der Waals surface area contributed by atoms with Crippen molar-refractivity contribution in [2.75, 3.05) is 36.0 Å². The van der Waals surface area contributed by atoms with Crippen molar-refractivity contribution in [3.63, 3.8) is 0 Å². The molecular weight excluding hydrogens is 408 g/mol. The molecule has 4 heteroatoms. The number of benzene rings is 3. The lowest BCUT2D eigenvalue weighted by Gasteiger charge is -2.46. The Kier molecular flexibility index (Phi) is 3.84. The van der Waals surface area contributed by atoms with Gasteiger partial charge in [0.15, 0.2) is 0 Å². The fraction of sp³-hybridized carbons (Fsp3) is 0.357. The second-order valence-corrected chi connectivity index (χ2v) is 14.7. The van der Waals surface area contributed by atoms with Gasteiger partial charge in [-0.15, -0.1) is 0 Å². The highest BCUT2D eigenvalue weighted by Gasteiger charge is 2.53. The molecule has 0 N–H and O–H groups in total. The Labute approximate surface area is 191 Å². The topological polar surface area (TPSA) is 15.7 Å². The summed E-state index contributed by atoms with van der Waals surface area (Å²) in [5, 5.41) is 3.10. The Hall–Kier alpha value is -2.56. The Balaban J connectivity index is 1.51. The minimum absolute atomic E-state index is 0.481. The molecule has 0 unspecified atom stereocenters. The highest BCUT2D eigenvalue weighted by atomic mass is 28.3. The first kappa shape index (κ1) is 19.0. The maximum Gasteiger partial charge on any atom is 0.144 e. The molecular formula is C28H30N2OSi. The maximum atomic E-state index is 6.87. The quantitative estimate of drug-likeness (QED) is 0.561. The molecule has 0 radical (unpaired) electrons. The summed E-state index contributed by atoms with van der Waals surface area (Å²) >= 11 is 0. The number of hydrogen-bond acceptors (Lipinski definition) is 3. The second kappa shape index (κ2) is 6.49. The Morgan fingerprint density at radius 1 is 0.719 bits per heavy atom. The third-order valence-electron chi connectivity index (χ3n) is 8.39. The van der Waals surface area contributed by atoms with Gasteiger partial charge in [-0.1, -0.05) is 49.5 Å². The first-order chi connectivity index (χ1) is 15.6. The van der Waals surface area contributed by atoms with E-state index in [-0.39, 0.29) is 0 Å². The number of rotatable bonds is 2. The van der Waals surface area contributed by atoms with Crippen LogP contribution in [-0.4, -0.2) is 34.3 Å². The first-order valence-corrected chi connectivity index (χ1v) is 15.1. The number of fused-ring (bicyclic) bond motifs is 6. The van der Waals surface area contributed by atoms with Crippen LogP contribution in [0.2, 0.25) is 13.1 Å². The van der Waals surface area contributed by atoms with Crippen molar-refractivity contribution >= 4 is 29.8 Å². The zero-order chi connectivity index (χ0) is 21.5. The van der Waals surface area contributed by atoms with E-state index >= 15 is 0 Å². The molecule has 3 aromatic carbocycles. The smallest absolute Gasteiger partial charge is 0.144 e. The number of nitrogens with zero attached hydrogens (tertiary/aromatic N) is 2. The molecule has 0 amide bonds. The molecule has 0 bridgehead atoms. The average Bonchev–Trinajstić information content (AvgIpc) is 3.11. The fourth-order valence-corrected chi connectivity index (χ4v) is 9.42. The first-order valence-electron chi connectivity index (χ1n) is 12.1. The largest absolute Gasteiger partial charge is 0.371 e. The highest BCUT2D eigenvalue weighted by molar-refractivity contribution is 7.01. The lowest BCUT2D eigenvalue weighted by molar-refractivity contribution is 0.0276. The molecule has 0 aromatic heterocycles. The van der Waals surface area contributed by atoms with Gasteiger partial charge in [0, 0.05) is 37.6 Å². The van der Waals surface area contributed by atoms with Gasteiger partial charge in [-0.05, 0) is 69.7 Å². The third-order valence-corrected chi connectivity index (χ3v) is 11.9. The van der Waals surface area contributed by atoms with Gasteiger partial charge >= 0.3 is 0 Å². The summed E-state index contributed by atoms with van der Waals surface area (Å²) in [4.78, 5) is 5.04. The van der Waals surface area contributed by atoms with Crippen molar-refractivity contribution in [3.8, 4) is 0 Å². The van der Waals surface area contributed by atoms with E-state index in [9.17, 15) is 0 Å². The average molecular weight is 439 g/mol. The predicted octanol–water partition coefficient (Wildman–Crippen LogP) is 4.06. The zero-order valence-corrected chi connectivity index (χ0v) is 20.0.